The van der Waals surface area contributed by atoms with Crippen LogP contribution in [0, 0.1) is 6.92 Å². The maximum absolute atomic E-state index is 11.8. The number of hydrogen-bond acceptors (Lipinski definition) is 4. The average Bonchev–Trinajstić information content (AvgIpc) is 2.82. The molecule has 1 atom stereocenters. The van der Waals surface area contributed by atoms with Gasteiger partial charge in [-0.25, -0.2) is 0 Å². The van der Waals surface area contributed by atoms with E-state index < -0.39 is 6.04 Å². The van der Waals surface area contributed by atoms with Gasteiger partial charge in [-0.1, -0.05) is 30.3 Å². The van der Waals surface area contributed by atoms with Crippen molar-refractivity contribution in [2.24, 2.45) is 5.73 Å². The fourth-order valence-corrected chi connectivity index (χ4v) is 1.71. The van der Waals surface area contributed by atoms with Crippen molar-refractivity contribution >= 4 is 11.9 Å². The summed E-state index contributed by atoms with van der Waals surface area (Å²) in [5.74, 6) is -0.280. The minimum Gasteiger partial charge on any atom is -0.432 e. The molecular weight excluding hydrogens is 242 g/mol. The first kappa shape index (κ1) is 13.3. The molecular formula is C14H17N3O2. The molecule has 5 heteroatoms. The highest BCUT2D eigenvalue weighted by molar-refractivity contribution is 5.92. The van der Waals surface area contributed by atoms with Gasteiger partial charge in [-0.3, -0.25) is 10.1 Å². The number of benzene rings is 1. The van der Waals surface area contributed by atoms with E-state index in [2.05, 4.69) is 10.3 Å². The van der Waals surface area contributed by atoms with E-state index in [-0.39, 0.29) is 11.9 Å². The van der Waals surface area contributed by atoms with Crippen molar-refractivity contribution in [3.63, 3.8) is 0 Å². The number of nitrogens with one attached hydrogen (secondary N) is 1. The van der Waals surface area contributed by atoms with Gasteiger partial charge in [0.15, 0.2) is 0 Å². The van der Waals surface area contributed by atoms with Gasteiger partial charge in [-0.05, 0) is 25.3 Å². The van der Waals surface area contributed by atoms with Crippen LogP contribution in [0.4, 0.5) is 6.01 Å². The Morgan fingerprint density at radius 3 is 2.79 bits per heavy atom. The van der Waals surface area contributed by atoms with Crippen LogP contribution in [-0.2, 0) is 11.2 Å². The molecule has 1 aromatic heterocycles. The molecule has 2 rings (SSSR count). The number of carbonyl (C=O) groups excluding carboxylic acids is 1. The normalized spacial score (nSPS) is 12.1. The monoisotopic (exact) mass is 259 g/mol. The maximum Gasteiger partial charge on any atom is 0.301 e. The quantitative estimate of drug-likeness (QED) is 0.859. The molecule has 100 valence electrons. The van der Waals surface area contributed by atoms with E-state index in [1.807, 2.05) is 30.3 Å². The van der Waals surface area contributed by atoms with Crippen LogP contribution < -0.4 is 11.1 Å². The van der Waals surface area contributed by atoms with Gasteiger partial charge >= 0.3 is 6.01 Å². The smallest absolute Gasteiger partial charge is 0.301 e. The Labute approximate surface area is 111 Å². The number of nitrogens with two attached hydrogens (primary N) is 1. The Balaban J connectivity index is 1.82. The van der Waals surface area contributed by atoms with Gasteiger partial charge in [0.1, 0.15) is 6.26 Å². The van der Waals surface area contributed by atoms with Crippen LogP contribution in [0.25, 0.3) is 0 Å². The van der Waals surface area contributed by atoms with Crippen molar-refractivity contribution in [3.05, 3.63) is 47.9 Å². The Bertz CT molecular complexity index is 537. The molecule has 0 saturated carbocycles. The number of aromatic nitrogens is 1. The molecule has 0 spiro atoms. The molecule has 2 aromatic rings. The average molecular weight is 259 g/mol. The molecule has 0 unspecified atom stereocenters. The number of nitrogens with zero attached hydrogens (tertiary/aromatic N) is 1. The molecule has 1 heterocycles. The topological polar surface area (TPSA) is 81.2 Å². The summed E-state index contributed by atoms with van der Waals surface area (Å²) in [4.78, 5) is 15.8. The van der Waals surface area contributed by atoms with Crippen LogP contribution in [0.2, 0.25) is 0 Å². The lowest BCUT2D eigenvalue weighted by molar-refractivity contribution is -0.117. The fourth-order valence-electron chi connectivity index (χ4n) is 1.71. The lowest BCUT2D eigenvalue weighted by Crippen LogP contribution is -2.36. The summed E-state index contributed by atoms with van der Waals surface area (Å²) in [6.07, 6.45) is 2.82. The molecule has 0 aliphatic carbocycles. The molecule has 0 bridgehead atoms. The Morgan fingerprint density at radius 2 is 2.16 bits per heavy atom. The molecule has 0 radical (unpaired) electrons. The summed E-state index contributed by atoms with van der Waals surface area (Å²) < 4.78 is 5.05. The summed E-state index contributed by atoms with van der Waals surface area (Å²) in [5.41, 5.74) is 7.72. The van der Waals surface area contributed by atoms with Gasteiger partial charge < -0.3 is 10.2 Å². The standard InChI is InChI=1S/C14H17N3O2/c1-10-9-19-14(16-10)17-13(18)12(15)8-7-11-5-3-2-4-6-11/h2-6,9,12H,7-8,15H2,1H3,(H,16,17,18)/t12-/m0/s1. The third-order valence-corrected chi connectivity index (χ3v) is 2.77. The highest BCUT2D eigenvalue weighted by atomic mass is 16.4. The van der Waals surface area contributed by atoms with Crippen LogP contribution in [0.3, 0.4) is 0 Å². The van der Waals surface area contributed by atoms with Crippen LogP contribution in [0.15, 0.2) is 41.0 Å². The van der Waals surface area contributed by atoms with Crippen molar-refractivity contribution in [3.8, 4) is 0 Å². The Kier molecular flexibility index (Phi) is 4.30. The first-order valence-electron chi connectivity index (χ1n) is 6.17. The molecule has 3 N–H and O–H groups in total. The van der Waals surface area contributed by atoms with Crippen LogP contribution in [-0.4, -0.2) is 16.9 Å². The second-order valence-electron chi connectivity index (χ2n) is 4.41. The zero-order valence-electron chi connectivity index (χ0n) is 10.8. The first-order chi connectivity index (χ1) is 9.15. The second kappa shape index (κ2) is 6.15. The summed E-state index contributed by atoms with van der Waals surface area (Å²) in [7, 11) is 0. The zero-order chi connectivity index (χ0) is 13.7. The van der Waals surface area contributed by atoms with Crippen LogP contribution in [0.5, 0.6) is 0 Å². The number of oxazole rings is 1. The second-order valence-corrected chi connectivity index (χ2v) is 4.41. The minimum absolute atomic E-state index is 0.192. The number of anilines is 1. The third kappa shape index (κ3) is 3.93. The van der Waals surface area contributed by atoms with Gasteiger partial charge in [-0.2, -0.15) is 4.98 Å². The number of amides is 1. The van der Waals surface area contributed by atoms with Crippen molar-refractivity contribution in [2.45, 2.75) is 25.8 Å². The molecule has 5 nitrogen and oxygen atoms in total. The lowest BCUT2D eigenvalue weighted by atomic mass is 10.1. The van der Waals surface area contributed by atoms with Crippen molar-refractivity contribution in [1.29, 1.82) is 0 Å². The summed E-state index contributed by atoms with van der Waals surface area (Å²) in [6, 6.07) is 9.54. The van der Waals surface area contributed by atoms with E-state index in [1.54, 1.807) is 6.92 Å². The molecule has 0 aliphatic heterocycles. The van der Waals surface area contributed by atoms with E-state index >= 15 is 0 Å². The zero-order valence-corrected chi connectivity index (χ0v) is 10.8. The summed E-state index contributed by atoms with van der Waals surface area (Å²) in [5, 5.41) is 2.56. The molecule has 19 heavy (non-hydrogen) atoms. The maximum atomic E-state index is 11.8. The molecule has 0 aliphatic rings. The highest BCUT2D eigenvalue weighted by Crippen LogP contribution is 2.08. The van der Waals surface area contributed by atoms with Gasteiger partial charge in [0.25, 0.3) is 0 Å². The molecule has 0 fully saturated rings. The van der Waals surface area contributed by atoms with Gasteiger partial charge in [0.2, 0.25) is 5.91 Å². The van der Waals surface area contributed by atoms with Gasteiger partial charge in [0.05, 0.1) is 11.7 Å². The van der Waals surface area contributed by atoms with E-state index in [0.29, 0.717) is 12.1 Å². The molecule has 1 aromatic carbocycles. The predicted molar refractivity (Wildman–Crippen MR) is 72.6 cm³/mol. The van der Waals surface area contributed by atoms with Crippen LogP contribution >= 0.6 is 0 Å². The summed E-state index contributed by atoms with van der Waals surface area (Å²) in [6.45, 7) is 1.79. The first-order valence-corrected chi connectivity index (χ1v) is 6.17. The Hall–Kier alpha value is -2.14. The van der Waals surface area contributed by atoms with E-state index in [4.69, 9.17) is 10.2 Å². The van der Waals surface area contributed by atoms with Gasteiger partial charge in [0, 0.05) is 0 Å². The number of carbonyl (C=O) groups is 1. The molecule has 1 amide bonds. The summed E-state index contributed by atoms with van der Waals surface area (Å²) >= 11 is 0. The predicted octanol–water partition coefficient (Wildman–Crippen LogP) is 1.88. The van der Waals surface area contributed by atoms with E-state index in [1.165, 1.54) is 6.26 Å². The number of rotatable bonds is 5. The van der Waals surface area contributed by atoms with Crippen molar-refractivity contribution < 1.29 is 9.21 Å². The minimum atomic E-state index is -0.576. The number of aryl methyl sites for hydroxylation is 2. The largest absolute Gasteiger partial charge is 0.432 e. The van der Waals surface area contributed by atoms with Crippen LogP contribution in [0.1, 0.15) is 17.7 Å². The highest BCUT2D eigenvalue weighted by Gasteiger charge is 2.15. The molecule has 0 saturated heterocycles. The van der Waals surface area contributed by atoms with Gasteiger partial charge in [-0.15, -0.1) is 0 Å². The third-order valence-electron chi connectivity index (χ3n) is 2.77. The SMILES string of the molecule is Cc1coc(NC(=O)[C@@H](N)CCc2ccccc2)n1. The van der Waals surface area contributed by atoms with Crippen molar-refractivity contribution in [2.75, 3.05) is 5.32 Å². The lowest BCUT2D eigenvalue weighted by Gasteiger charge is -2.10. The van der Waals surface area contributed by atoms with E-state index in [9.17, 15) is 4.79 Å². The van der Waals surface area contributed by atoms with E-state index in [0.717, 1.165) is 12.0 Å². The number of hydrogen-bond donors (Lipinski definition) is 2. The Morgan fingerprint density at radius 1 is 1.42 bits per heavy atom. The van der Waals surface area contributed by atoms with Crippen molar-refractivity contribution in [1.82, 2.24) is 4.98 Å². The fraction of sp³-hybridized carbons (Fsp3) is 0.286.